The summed E-state index contributed by atoms with van der Waals surface area (Å²) >= 11 is 0. The van der Waals surface area contributed by atoms with Crippen molar-refractivity contribution in [1.29, 1.82) is 0 Å². The molecule has 0 spiro atoms. The molecule has 224 valence electrons. The smallest absolute Gasteiger partial charge is 0.278 e. The van der Waals surface area contributed by atoms with Gasteiger partial charge < -0.3 is 156 Å². The average Bonchev–Trinajstić information content (AvgIpc) is 1.76. The second-order valence-electron chi connectivity index (χ2n) is 1.15. The van der Waals surface area contributed by atoms with Gasteiger partial charge in [-0.15, -0.1) is 0 Å². The molecule has 0 aliphatic heterocycles. The van der Waals surface area contributed by atoms with Gasteiger partial charge in [0.2, 0.25) is 0 Å². The maximum atomic E-state index is 8.42. The van der Waals surface area contributed by atoms with Crippen LogP contribution in [0.3, 0.4) is 0 Å². The van der Waals surface area contributed by atoms with E-state index in [-0.39, 0.29) is 95.7 Å². The summed E-state index contributed by atoms with van der Waals surface area (Å²) in [5.74, 6) is 0. The van der Waals surface area contributed by atoms with E-state index in [9.17, 15) is 0 Å². The van der Waals surface area contributed by atoms with Gasteiger partial charge in [0.25, 0.3) is 0 Å². The quantitative estimate of drug-likeness (QED) is 0.131. The van der Waals surface area contributed by atoms with E-state index in [0.29, 0.717) is 0 Å². The third-order valence-electron chi connectivity index (χ3n) is 0. The molecule has 0 bridgehead atoms. The van der Waals surface area contributed by atoms with E-state index in [0.717, 1.165) is 0 Å². The van der Waals surface area contributed by atoms with Gasteiger partial charge in [0.05, 0.1) is 0 Å². The molecule has 0 rings (SSSR count). The lowest BCUT2D eigenvalue weighted by Gasteiger charge is -2.35. The molecular formula is H56B4N12O16. The van der Waals surface area contributed by atoms with Gasteiger partial charge in [-0.1, -0.05) is 0 Å². The Morgan fingerprint density at radius 1 is 0.188 bits per heavy atom. The van der Waals surface area contributed by atoms with Crippen LogP contribution in [0.25, 0.3) is 0 Å². The number of hydrogen-bond donors (Lipinski definition) is 12. The number of quaternary nitrogens is 12. The van der Waals surface area contributed by atoms with Gasteiger partial charge in [0.1, 0.15) is 0 Å². The molecule has 28 nitrogen and oxygen atoms in total. The predicted molar refractivity (Wildman–Crippen MR) is 109 cm³/mol. The maximum absolute atomic E-state index is 8.42. The molecule has 0 aliphatic carbocycles. The molecule has 0 heterocycles. The monoisotopic (exact) mass is 524 g/mol. The first kappa shape index (κ1) is 228. The summed E-state index contributed by atoms with van der Waals surface area (Å²) in [6.45, 7) is 0. The van der Waals surface area contributed by atoms with E-state index in [2.05, 4.69) is 0 Å². The van der Waals surface area contributed by atoms with E-state index in [1.165, 1.54) is 0 Å². The van der Waals surface area contributed by atoms with Crippen LogP contribution in [0, 0.1) is 0 Å². The van der Waals surface area contributed by atoms with Gasteiger partial charge in [0, 0.05) is 0 Å². The van der Waals surface area contributed by atoms with E-state index in [1.54, 1.807) is 0 Å². The van der Waals surface area contributed by atoms with Gasteiger partial charge >= 0.3 is 0 Å². The van der Waals surface area contributed by atoms with E-state index < -0.39 is 29.3 Å². The zero-order valence-electron chi connectivity index (χ0n) is 21.2. The Morgan fingerprint density at radius 2 is 0.188 bits per heavy atom. The molecule has 0 unspecified atom stereocenters. The first-order chi connectivity index (χ1) is 6.93. The predicted octanol–water partition coefficient (Wildman–Crippen LogP) is -14.6. The molecule has 32 heteroatoms. The topological polar surface area (TPSA) is 841 Å². The molecule has 0 saturated heterocycles. The van der Waals surface area contributed by atoms with Crippen LogP contribution in [0.1, 0.15) is 0 Å². The van der Waals surface area contributed by atoms with E-state index >= 15 is 0 Å². The molecule has 0 aromatic heterocycles. The Morgan fingerprint density at radius 3 is 0.188 bits per heavy atom. The van der Waals surface area contributed by atoms with Gasteiger partial charge in [-0.05, 0) is 0 Å². The van der Waals surface area contributed by atoms with Crippen molar-refractivity contribution >= 4 is 29.3 Å². The van der Waals surface area contributed by atoms with E-state index in [1.807, 2.05) is 0 Å². The summed E-state index contributed by atoms with van der Waals surface area (Å²) < 4.78 is 0. The second kappa shape index (κ2) is 206. The third kappa shape index (κ3) is 31200. The minimum Gasteiger partial charge on any atom is -0.907 e. The highest BCUT2D eigenvalue weighted by atomic mass is 16.5. The molecule has 0 amide bonds. The highest BCUT2D eigenvalue weighted by Crippen LogP contribution is 1.00. The standard InChI is InChI=1S/4BO3.12H3N.4H2O/c4*2-1(3)4;;;;;;;;;;;;;;;;/h;;;;12*1H3;4*1H2/q4*-3;;;;;;;;;;;;;;;;/p+12. The minimum absolute atomic E-state index is 0. The van der Waals surface area contributed by atoms with Crippen molar-refractivity contribution < 1.29 is 82.2 Å². The van der Waals surface area contributed by atoms with Crippen molar-refractivity contribution in [2.45, 2.75) is 0 Å². The molecule has 32 heavy (non-hydrogen) atoms. The summed E-state index contributed by atoms with van der Waals surface area (Å²) in [6, 6.07) is 0. The van der Waals surface area contributed by atoms with Gasteiger partial charge in [0.15, 0.2) is 0 Å². The van der Waals surface area contributed by atoms with Crippen LogP contribution in [-0.2, 0) is 0 Å². The van der Waals surface area contributed by atoms with Crippen molar-refractivity contribution in [2.75, 3.05) is 0 Å². The fourth-order valence-corrected chi connectivity index (χ4v) is 0. The molecule has 0 atom stereocenters. The Balaban J connectivity index is -0.00000000286. The van der Waals surface area contributed by atoms with Crippen molar-refractivity contribution in [3.8, 4) is 0 Å². The molecule has 0 aliphatic rings. The molecular weight excluding hydrogens is 467 g/mol. The molecule has 0 radical (unpaired) electrons. The molecule has 0 aromatic carbocycles. The van der Waals surface area contributed by atoms with Gasteiger partial charge in [-0.2, -0.15) is 0 Å². The summed E-state index contributed by atoms with van der Waals surface area (Å²) in [5.41, 5.74) is 0. The van der Waals surface area contributed by atoms with Crippen LogP contribution in [0.15, 0.2) is 0 Å². The summed E-state index contributed by atoms with van der Waals surface area (Å²) in [7, 11) is -11.7. The first-order valence-corrected chi connectivity index (χ1v) is 2.83. The lowest BCUT2D eigenvalue weighted by molar-refractivity contribution is -0.481. The Labute approximate surface area is 186 Å². The Bertz CT molecular complexity index is 88.0. The number of rotatable bonds is 0. The summed E-state index contributed by atoms with van der Waals surface area (Å²) in [5, 5.41) is 101. The normalized spacial score (nSPS) is 3.38. The van der Waals surface area contributed by atoms with Crippen LogP contribution in [0.5, 0.6) is 0 Å². The molecule has 0 fully saturated rings. The molecule has 0 saturated carbocycles. The Kier molecular flexibility index (Phi) is 1470. The Hall–Kier alpha value is -0.860. The van der Waals surface area contributed by atoms with Gasteiger partial charge in [-0.25, -0.2) is 0 Å². The zero-order valence-corrected chi connectivity index (χ0v) is 21.2. The molecule has 0 aromatic rings. The third-order valence-corrected chi connectivity index (χ3v) is 0. The first-order valence-electron chi connectivity index (χ1n) is 2.83. The van der Waals surface area contributed by atoms with Crippen molar-refractivity contribution in [1.82, 2.24) is 73.8 Å². The van der Waals surface area contributed by atoms with Crippen LogP contribution in [-0.4, -0.2) is 51.2 Å². The van der Waals surface area contributed by atoms with Crippen LogP contribution < -0.4 is 134 Å². The van der Waals surface area contributed by atoms with Crippen molar-refractivity contribution in [2.24, 2.45) is 0 Å². The molecule has 56 N–H and O–H groups in total. The van der Waals surface area contributed by atoms with E-state index in [4.69, 9.17) is 60.3 Å². The average molecular weight is 524 g/mol. The fourth-order valence-electron chi connectivity index (χ4n) is 0. The summed E-state index contributed by atoms with van der Waals surface area (Å²) in [4.78, 5) is 0. The van der Waals surface area contributed by atoms with Crippen LogP contribution >= 0.6 is 0 Å². The minimum atomic E-state index is -2.92. The largest absolute Gasteiger partial charge is 0.907 e. The number of hydrogen-bond acceptors (Lipinski definition) is 12. The lowest BCUT2D eigenvalue weighted by atomic mass is 10.3. The summed E-state index contributed by atoms with van der Waals surface area (Å²) in [6.07, 6.45) is 0. The van der Waals surface area contributed by atoms with Crippen molar-refractivity contribution in [3.63, 3.8) is 0 Å². The highest BCUT2D eigenvalue weighted by molar-refractivity contribution is 6.24. The van der Waals surface area contributed by atoms with Crippen LogP contribution in [0.2, 0.25) is 0 Å². The van der Waals surface area contributed by atoms with Crippen molar-refractivity contribution in [3.05, 3.63) is 0 Å². The maximum Gasteiger partial charge on any atom is -0.278 e. The lowest BCUT2D eigenvalue weighted by Crippen LogP contribution is -2.56. The van der Waals surface area contributed by atoms with Crippen LogP contribution in [0.4, 0.5) is 0 Å². The zero-order chi connectivity index (χ0) is 14.3. The van der Waals surface area contributed by atoms with Gasteiger partial charge in [-0.3, -0.25) is 29.3 Å². The fraction of sp³-hybridized carbons (Fsp3) is 0. The SMILES string of the molecule is O.O.O.O.[NH4+].[NH4+].[NH4+].[NH4+].[NH4+].[NH4+].[NH4+].[NH4+].[NH4+].[NH4+].[NH4+].[NH4+].[O-]B([O-])[O-].[O-]B([O-])[O-].[O-]B([O-])[O-].[O-]B([O-])[O-]. The second-order valence-corrected chi connectivity index (χ2v) is 1.15. The highest BCUT2D eigenvalue weighted by Gasteiger charge is 1.18.